The van der Waals surface area contributed by atoms with E-state index in [0.717, 1.165) is 0 Å². The zero-order chi connectivity index (χ0) is 16.1. The van der Waals surface area contributed by atoms with Gasteiger partial charge in [-0.05, 0) is 32.0 Å². The average Bonchev–Trinajstić information content (AvgIpc) is 2.47. The topological polar surface area (TPSA) is 74.5 Å². The molecular formula is C15H15ClN2O4. The first-order valence-electron chi connectivity index (χ1n) is 6.64. The normalized spacial score (nSPS) is 10.5. The van der Waals surface area contributed by atoms with E-state index in [0.29, 0.717) is 17.1 Å². The van der Waals surface area contributed by atoms with E-state index in [1.54, 1.807) is 24.4 Å². The van der Waals surface area contributed by atoms with E-state index in [-0.39, 0.29) is 23.6 Å². The first kappa shape index (κ1) is 16.0. The average molecular weight is 323 g/mol. The number of benzene rings is 1. The van der Waals surface area contributed by atoms with Crippen molar-refractivity contribution in [2.75, 3.05) is 0 Å². The Bertz CT molecular complexity index is 676. The number of non-ortho nitro benzene ring substituents is 1. The van der Waals surface area contributed by atoms with Crippen LogP contribution in [0.2, 0.25) is 5.15 Å². The van der Waals surface area contributed by atoms with Crippen LogP contribution in [0.15, 0.2) is 36.5 Å². The molecule has 1 aromatic heterocycles. The quantitative estimate of drug-likeness (QED) is 0.456. The summed E-state index contributed by atoms with van der Waals surface area (Å²) in [5.74, 6) is 0.951. The molecule has 0 amide bonds. The van der Waals surface area contributed by atoms with E-state index in [4.69, 9.17) is 21.1 Å². The summed E-state index contributed by atoms with van der Waals surface area (Å²) in [7, 11) is 0. The Balaban J connectivity index is 2.24. The van der Waals surface area contributed by atoms with Crippen LogP contribution in [0.25, 0.3) is 0 Å². The fraction of sp³-hybridized carbons (Fsp3) is 0.267. The molecule has 116 valence electrons. The molecule has 0 N–H and O–H groups in total. The summed E-state index contributed by atoms with van der Waals surface area (Å²) in [5, 5.41) is 11.1. The molecule has 22 heavy (non-hydrogen) atoms. The highest BCUT2D eigenvalue weighted by atomic mass is 35.5. The molecule has 0 radical (unpaired) electrons. The minimum absolute atomic E-state index is 0.0213. The van der Waals surface area contributed by atoms with Crippen molar-refractivity contribution in [2.24, 2.45) is 0 Å². The summed E-state index contributed by atoms with van der Waals surface area (Å²) >= 11 is 5.92. The molecule has 1 aromatic carbocycles. The van der Waals surface area contributed by atoms with E-state index < -0.39 is 4.92 Å². The molecule has 0 unspecified atom stereocenters. The molecule has 0 aliphatic heterocycles. The van der Waals surface area contributed by atoms with Gasteiger partial charge in [0.25, 0.3) is 5.69 Å². The first-order chi connectivity index (χ1) is 10.5. The van der Waals surface area contributed by atoms with Gasteiger partial charge in [0.05, 0.1) is 11.0 Å². The second-order valence-corrected chi connectivity index (χ2v) is 5.15. The third kappa shape index (κ3) is 4.08. The third-order valence-electron chi connectivity index (χ3n) is 2.73. The number of hydrogen-bond acceptors (Lipinski definition) is 5. The lowest BCUT2D eigenvalue weighted by atomic mass is 10.2. The lowest BCUT2D eigenvalue weighted by molar-refractivity contribution is -0.385. The standard InChI is InChI=1S/C15H15ClN2O4/c1-10(2)22-13-6-5-12(18(19)20)8-11(13)9-21-14-4-3-7-17-15(14)16/h3-8,10H,9H2,1-2H3. The summed E-state index contributed by atoms with van der Waals surface area (Å²) in [4.78, 5) is 14.4. The van der Waals surface area contributed by atoms with Crippen molar-refractivity contribution in [1.82, 2.24) is 4.98 Å². The lowest BCUT2D eigenvalue weighted by Gasteiger charge is -2.15. The molecule has 2 rings (SSSR count). The number of nitrogens with zero attached hydrogens (tertiary/aromatic N) is 2. The van der Waals surface area contributed by atoms with Crippen LogP contribution < -0.4 is 9.47 Å². The molecule has 2 aromatic rings. The number of ether oxygens (including phenoxy) is 2. The van der Waals surface area contributed by atoms with Crippen LogP contribution in [0.1, 0.15) is 19.4 Å². The highest BCUT2D eigenvalue weighted by molar-refractivity contribution is 6.30. The Morgan fingerprint density at radius 1 is 1.32 bits per heavy atom. The molecule has 6 nitrogen and oxygen atoms in total. The van der Waals surface area contributed by atoms with E-state index >= 15 is 0 Å². The number of halogens is 1. The smallest absolute Gasteiger partial charge is 0.270 e. The SMILES string of the molecule is CC(C)Oc1ccc([N+](=O)[O-])cc1COc1cccnc1Cl. The van der Waals surface area contributed by atoms with Gasteiger partial charge < -0.3 is 9.47 Å². The van der Waals surface area contributed by atoms with Crippen LogP contribution in [0.3, 0.4) is 0 Å². The Hall–Kier alpha value is -2.34. The highest BCUT2D eigenvalue weighted by Crippen LogP contribution is 2.28. The van der Waals surface area contributed by atoms with Gasteiger partial charge >= 0.3 is 0 Å². The molecular weight excluding hydrogens is 308 g/mol. The maximum Gasteiger partial charge on any atom is 0.270 e. The minimum Gasteiger partial charge on any atom is -0.491 e. The summed E-state index contributed by atoms with van der Waals surface area (Å²) in [6.45, 7) is 3.85. The fourth-order valence-electron chi connectivity index (χ4n) is 1.80. The lowest BCUT2D eigenvalue weighted by Crippen LogP contribution is -2.09. The van der Waals surface area contributed by atoms with Gasteiger partial charge in [0.15, 0.2) is 10.9 Å². The first-order valence-corrected chi connectivity index (χ1v) is 7.02. The van der Waals surface area contributed by atoms with Crippen molar-refractivity contribution < 1.29 is 14.4 Å². The molecule has 0 fully saturated rings. The zero-order valence-corrected chi connectivity index (χ0v) is 12.9. The molecule has 1 heterocycles. The number of rotatable bonds is 6. The Labute approximate surface area is 132 Å². The minimum atomic E-state index is -0.459. The van der Waals surface area contributed by atoms with E-state index in [1.807, 2.05) is 13.8 Å². The molecule has 0 aliphatic rings. The molecule has 0 aliphatic carbocycles. The largest absolute Gasteiger partial charge is 0.491 e. The Morgan fingerprint density at radius 2 is 2.09 bits per heavy atom. The summed E-state index contributed by atoms with van der Waals surface area (Å²) in [6, 6.07) is 7.78. The van der Waals surface area contributed by atoms with Gasteiger partial charge in [0, 0.05) is 23.9 Å². The summed E-state index contributed by atoms with van der Waals surface area (Å²) < 4.78 is 11.2. The number of nitro benzene ring substituents is 1. The Morgan fingerprint density at radius 3 is 2.73 bits per heavy atom. The van der Waals surface area contributed by atoms with E-state index in [2.05, 4.69) is 4.98 Å². The van der Waals surface area contributed by atoms with Gasteiger partial charge in [-0.3, -0.25) is 10.1 Å². The van der Waals surface area contributed by atoms with Gasteiger partial charge in [-0.2, -0.15) is 0 Å². The maximum atomic E-state index is 10.9. The number of nitro groups is 1. The molecule has 0 saturated carbocycles. The molecule has 0 bridgehead atoms. The van der Waals surface area contributed by atoms with Gasteiger partial charge in [0.2, 0.25) is 0 Å². The highest BCUT2D eigenvalue weighted by Gasteiger charge is 2.14. The molecule has 0 atom stereocenters. The number of aromatic nitrogens is 1. The van der Waals surface area contributed by atoms with E-state index in [1.165, 1.54) is 12.1 Å². The van der Waals surface area contributed by atoms with Gasteiger partial charge in [-0.25, -0.2) is 4.98 Å². The van der Waals surface area contributed by atoms with Crippen molar-refractivity contribution in [1.29, 1.82) is 0 Å². The van der Waals surface area contributed by atoms with E-state index in [9.17, 15) is 10.1 Å². The second-order valence-electron chi connectivity index (χ2n) is 4.80. The molecule has 0 saturated heterocycles. The van der Waals surface area contributed by atoms with Crippen molar-refractivity contribution in [2.45, 2.75) is 26.6 Å². The fourth-order valence-corrected chi connectivity index (χ4v) is 1.97. The van der Waals surface area contributed by atoms with Crippen molar-refractivity contribution in [3.8, 4) is 11.5 Å². The summed E-state index contributed by atoms with van der Waals surface area (Å²) in [5.41, 5.74) is 0.551. The van der Waals surface area contributed by atoms with Gasteiger partial charge in [-0.15, -0.1) is 0 Å². The van der Waals surface area contributed by atoms with Crippen molar-refractivity contribution in [3.05, 3.63) is 57.4 Å². The second kappa shape index (κ2) is 7.09. The van der Waals surface area contributed by atoms with Gasteiger partial charge in [-0.1, -0.05) is 11.6 Å². The maximum absolute atomic E-state index is 10.9. The van der Waals surface area contributed by atoms with Crippen LogP contribution in [0.5, 0.6) is 11.5 Å². The monoisotopic (exact) mass is 322 g/mol. The van der Waals surface area contributed by atoms with Gasteiger partial charge in [0.1, 0.15) is 12.4 Å². The van der Waals surface area contributed by atoms with Crippen LogP contribution >= 0.6 is 11.6 Å². The zero-order valence-electron chi connectivity index (χ0n) is 12.2. The summed E-state index contributed by atoms with van der Waals surface area (Å²) in [6.07, 6.45) is 1.50. The van der Waals surface area contributed by atoms with Crippen LogP contribution in [0.4, 0.5) is 5.69 Å². The Kier molecular flexibility index (Phi) is 5.16. The predicted molar refractivity (Wildman–Crippen MR) is 82.4 cm³/mol. The third-order valence-corrected chi connectivity index (χ3v) is 3.01. The van der Waals surface area contributed by atoms with Crippen LogP contribution in [-0.4, -0.2) is 16.0 Å². The van der Waals surface area contributed by atoms with Crippen LogP contribution in [0, 0.1) is 10.1 Å². The molecule has 7 heteroatoms. The van der Waals surface area contributed by atoms with Crippen LogP contribution in [-0.2, 0) is 6.61 Å². The predicted octanol–water partition coefficient (Wildman–Crippen LogP) is 4.01. The number of pyridine rings is 1. The van der Waals surface area contributed by atoms with Crippen molar-refractivity contribution >= 4 is 17.3 Å². The molecule has 0 spiro atoms. The van der Waals surface area contributed by atoms with Crippen molar-refractivity contribution in [3.63, 3.8) is 0 Å². The number of hydrogen-bond donors (Lipinski definition) is 0.